The van der Waals surface area contributed by atoms with Crippen molar-refractivity contribution in [2.45, 2.75) is 19.7 Å². The standard InChI is InChI=1S/C20H19F2N3O4.HI/c1-23-20(25-10-14-6-12-4-2-3-5-15(12)28-14)24-9-13-7-17-18(27-11-26-17)8-16(13)29-19(21)22;/h2-8,19H,9-11H2,1H3,(H2,23,24,25);1H. The SMILES string of the molecule is CN=C(NCc1cc2ccccc2o1)NCc1cc2c(cc1OC(F)F)OCO2.I. The molecule has 0 aliphatic carbocycles. The van der Waals surface area contributed by atoms with Crippen LogP contribution in [0.2, 0.25) is 0 Å². The van der Waals surface area contributed by atoms with E-state index in [1.54, 1.807) is 13.1 Å². The number of halogens is 3. The number of alkyl halides is 2. The maximum absolute atomic E-state index is 12.8. The van der Waals surface area contributed by atoms with Crippen molar-refractivity contribution in [1.29, 1.82) is 0 Å². The van der Waals surface area contributed by atoms with Crippen LogP contribution in [-0.4, -0.2) is 26.4 Å². The highest BCUT2D eigenvalue weighted by Crippen LogP contribution is 2.38. The van der Waals surface area contributed by atoms with Crippen molar-refractivity contribution in [2.24, 2.45) is 4.99 Å². The summed E-state index contributed by atoms with van der Waals surface area (Å²) in [5, 5.41) is 7.22. The van der Waals surface area contributed by atoms with Crippen molar-refractivity contribution in [2.75, 3.05) is 13.8 Å². The van der Waals surface area contributed by atoms with Gasteiger partial charge in [-0.15, -0.1) is 24.0 Å². The summed E-state index contributed by atoms with van der Waals surface area (Å²) in [5.41, 5.74) is 1.29. The number of para-hydroxylation sites is 1. The minimum atomic E-state index is -2.94. The van der Waals surface area contributed by atoms with Gasteiger partial charge in [0.1, 0.15) is 17.1 Å². The molecule has 3 aromatic rings. The molecule has 0 saturated carbocycles. The second-order valence-electron chi connectivity index (χ2n) is 6.22. The molecule has 0 saturated heterocycles. The number of hydrogen-bond acceptors (Lipinski definition) is 5. The Hall–Kier alpha value is -2.76. The number of rotatable bonds is 6. The lowest BCUT2D eigenvalue weighted by atomic mass is 10.1. The first-order chi connectivity index (χ1) is 14.1. The van der Waals surface area contributed by atoms with Gasteiger partial charge in [0.15, 0.2) is 17.5 Å². The molecular formula is C20H20F2IN3O4. The van der Waals surface area contributed by atoms with Gasteiger partial charge in [0, 0.05) is 30.6 Å². The maximum atomic E-state index is 12.8. The van der Waals surface area contributed by atoms with Gasteiger partial charge in [0.2, 0.25) is 6.79 Å². The maximum Gasteiger partial charge on any atom is 0.387 e. The average molecular weight is 531 g/mol. The lowest BCUT2D eigenvalue weighted by Crippen LogP contribution is -2.36. The predicted molar refractivity (Wildman–Crippen MR) is 118 cm³/mol. The third kappa shape index (κ3) is 5.04. The number of hydrogen-bond donors (Lipinski definition) is 2. The van der Waals surface area contributed by atoms with E-state index in [2.05, 4.69) is 20.4 Å². The molecule has 0 amide bonds. The molecule has 2 N–H and O–H groups in total. The number of furan rings is 1. The van der Waals surface area contributed by atoms with E-state index < -0.39 is 6.61 Å². The summed E-state index contributed by atoms with van der Waals surface area (Å²) < 4.78 is 46.4. The molecule has 2 heterocycles. The van der Waals surface area contributed by atoms with Gasteiger partial charge < -0.3 is 29.3 Å². The average Bonchev–Trinajstić information content (AvgIpc) is 3.33. The highest BCUT2D eigenvalue weighted by Gasteiger charge is 2.20. The van der Waals surface area contributed by atoms with Crippen molar-refractivity contribution in [1.82, 2.24) is 10.6 Å². The number of nitrogens with zero attached hydrogens (tertiary/aromatic N) is 1. The molecule has 30 heavy (non-hydrogen) atoms. The Labute approximate surface area is 188 Å². The number of guanidine groups is 1. The van der Waals surface area contributed by atoms with E-state index in [1.807, 2.05) is 30.3 Å². The molecule has 7 nitrogen and oxygen atoms in total. The molecule has 160 valence electrons. The van der Waals surface area contributed by atoms with Crippen LogP contribution in [0.5, 0.6) is 17.2 Å². The zero-order chi connectivity index (χ0) is 20.2. The summed E-state index contributed by atoms with van der Waals surface area (Å²) in [7, 11) is 1.62. The van der Waals surface area contributed by atoms with Gasteiger partial charge in [-0.25, -0.2) is 0 Å². The lowest BCUT2D eigenvalue weighted by molar-refractivity contribution is -0.0505. The molecule has 0 spiro atoms. The first-order valence-electron chi connectivity index (χ1n) is 8.91. The number of benzene rings is 2. The van der Waals surface area contributed by atoms with Crippen molar-refractivity contribution in [3.8, 4) is 17.2 Å². The largest absolute Gasteiger partial charge is 0.459 e. The molecule has 10 heteroatoms. The molecule has 1 aliphatic heterocycles. The van der Waals surface area contributed by atoms with Gasteiger partial charge in [-0.1, -0.05) is 18.2 Å². The lowest BCUT2D eigenvalue weighted by Gasteiger charge is -2.15. The van der Waals surface area contributed by atoms with Crippen molar-refractivity contribution < 1.29 is 27.4 Å². The van der Waals surface area contributed by atoms with Gasteiger partial charge in [-0.05, 0) is 18.2 Å². The van der Waals surface area contributed by atoms with Crippen molar-refractivity contribution >= 4 is 40.9 Å². The minimum absolute atomic E-state index is 0. The van der Waals surface area contributed by atoms with Crippen molar-refractivity contribution in [3.63, 3.8) is 0 Å². The Morgan fingerprint density at radius 2 is 1.83 bits per heavy atom. The Morgan fingerprint density at radius 3 is 2.57 bits per heavy atom. The smallest absolute Gasteiger partial charge is 0.387 e. The fourth-order valence-corrected chi connectivity index (χ4v) is 3.00. The Morgan fingerprint density at radius 1 is 1.10 bits per heavy atom. The quantitative estimate of drug-likeness (QED) is 0.282. The van der Waals surface area contributed by atoms with E-state index in [-0.39, 0.29) is 43.1 Å². The van der Waals surface area contributed by atoms with E-state index in [9.17, 15) is 8.78 Å². The molecule has 0 bridgehead atoms. The number of nitrogens with one attached hydrogen (secondary N) is 2. The molecule has 1 aromatic heterocycles. The molecule has 0 fully saturated rings. The first-order valence-corrected chi connectivity index (χ1v) is 8.91. The molecule has 1 aliphatic rings. The van der Waals surface area contributed by atoms with Crippen LogP contribution in [0.4, 0.5) is 8.78 Å². The summed E-state index contributed by atoms with van der Waals surface area (Å²) in [5.74, 6) is 2.10. The van der Waals surface area contributed by atoms with Gasteiger partial charge in [0.05, 0.1) is 6.54 Å². The van der Waals surface area contributed by atoms with Crippen LogP contribution >= 0.6 is 24.0 Å². The second-order valence-corrected chi connectivity index (χ2v) is 6.22. The topological polar surface area (TPSA) is 77.3 Å². The zero-order valence-electron chi connectivity index (χ0n) is 16.0. The summed E-state index contributed by atoms with van der Waals surface area (Å²) >= 11 is 0. The summed E-state index contributed by atoms with van der Waals surface area (Å²) in [6.45, 7) is -2.30. The molecule has 2 aromatic carbocycles. The van der Waals surface area contributed by atoms with Gasteiger partial charge in [-0.2, -0.15) is 8.78 Å². The Kier molecular flexibility index (Phi) is 7.19. The van der Waals surface area contributed by atoms with Crippen LogP contribution in [0.25, 0.3) is 11.0 Å². The van der Waals surface area contributed by atoms with E-state index in [0.29, 0.717) is 29.6 Å². The van der Waals surface area contributed by atoms with Gasteiger partial charge in [-0.3, -0.25) is 4.99 Å². The molecular weight excluding hydrogens is 511 g/mol. The number of ether oxygens (including phenoxy) is 3. The third-order valence-corrected chi connectivity index (χ3v) is 4.35. The predicted octanol–water partition coefficient (Wildman–Crippen LogP) is 4.25. The van der Waals surface area contributed by atoms with Crippen LogP contribution in [0, 0.1) is 0 Å². The van der Waals surface area contributed by atoms with Crippen LogP contribution in [0.15, 0.2) is 51.9 Å². The Balaban J connectivity index is 0.00000256. The van der Waals surface area contributed by atoms with E-state index in [0.717, 1.165) is 16.7 Å². The monoisotopic (exact) mass is 531 g/mol. The van der Waals surface area contributed by atoms with Crippen molar-refractivity contribution in [3.05, 3.63) is 53.8 Å². The highest BCUT2D eigenvalue weighted by molar-refractivity contribution is 14.0. The summed E-state index contributed by atoms with van der Waals surface area (Å²) in [4.78, 5) is 4.14. The van der Waals surface area contributed by atoms with Crippen LogP contribution in [-0.2, 0) is 13.1 Å². The second kappa shape index (κ2) is 9.83. The fourth-order valence-electron chi connectivity index (χ4n) is 3.00. The van der Waals surface area contributed by atoms with Gasteiger partial charge >= 0.3 is 6.61 Å². The first kappa shape index (κ1) is 21.9. The van der Waals surface area contributed by atoms with E-state index in [4.69, 9.17) is 13.9 Å². The molecule has 4 rings (SSSR count). The highest BCUT2D eigenvalue weighted by atomic mass is 127. The van der Waals surface area contributed by atoms with Crippen LogP contribution in [0.3, 0.4) is 0 Å². The molecule has 0 unspecified atom stereocenters. The summed E-state index contributed by atoms with van der Waals surface area (Å²) in [6.07, 6.45) is 0. The van der Waals surface area contributed by atoms with Crippen LogP contribution in [0.1, 0.15) is 11.3 Å². The Bertz CT molecular complexity index is 1010. The van der Waals surface area contributed by atoms with Crippen LogP contribution < -0.4 is 24.8 Å². The minimum Gasteiger partial charge on any atom is -0.459 e. The fraction of sp³-hybridized carbons (Fsp3) is 0.250. The molecule has 0 radical (unpaired) electrons. The van der Waals surface area contributed by atoms with E-state index in [1.165, 1.54) is 6.07 Å². The summed E-state index contributed by atoms with van der Waals surface area (Å²) in [6, 6.07) is 12.7. The van der Waals surface area contributed by atoms with Gasteiger partial charge in [0.25, 0.3) is 0 Å². The zero-order valence-corrected chi connectivity index (χ0v) is 18.3. The number of aliphatic imine (C=N–C) groups is 1. The normalized spacial score (nSPS) is 12.7. The third-order valence-electron chi connectivity index (χ3n) is 4.35. The number of fused-ring (bicyclic) bond motifs is 2. The molecule has 0 atom stereocenters. The van der Waals surface area contributed by atoms with E-state index >= 15 is 0 Å².